The quantitative estimate of drug-likeness (QED) is 0.833. The van der Waals surface area contributed by atoms with E-state index in [9.17, 15) is 8.42 Å². The molecule has 0 spiro atoms. The van der Waals surface area contributed by atoms with Crippen LogP contribution in [0.3, 0.4) is 0 Å². The molecule has 2 aromatic carbocycles. The smallest absolute Gasteiger partial charge is 0.229 e. The molecule has 0 aliphatic heterocycles. The van der Waals surface area contributed by atoms with Crippen LogP contribution >= 0.6 is 12.6 Å². The van der Waals surface area contributed by atoms with E-state index < -0.39 is 10.0 Å². The second-order valence-corrected chi connectivity index (χ2v) is 6.34. The van der Waals surface area contributed by atoms with Gasteiger partial charge in [0.25, 0.3) is 0 Å². The molecule has 0 radical (unpaired) electrons. The third kappa shape index (κ3) is 4.18. The Kier molecular flexibility index (Phi) is 4.57. The van der Waals surface area contributed by atoms with Crippen LogP contribution in [0, 0.1) is 0 Å². The van der Waals surface area contributed by atoms with E-state index in [1.54, 1.807) is 24.3 Å². The van der Waals surface area contributed by atoms with Gasteiger partial charge in [-0.15, -0.1) is 0 Å². The number of nitrogens with one attached hydrogen (secondary N) is 1. The summed E-state index contributed by atoms with van der Waals surface area (Å²) in [6.07, 6.45) is 1.10. The fraction of sp³-hybridized carbons (Fsp3) is 0.143. The molecule has 0 unspecified atom stereocenters. The summed E-state index contributed by atoms with van der Waals surface area (Å²) >= 11 is 4.18. The highest BCUT2D eigenvalue weighted by molar-refractivity contribution is 7.92. The van der Waals surface area contributed by atoms with Gasteiger partial charge in [-0.05, 0) is 29.8 Å². The molecular weight excluding hydrogens is 294 g/mol. The molecule has 0 bridgehead atoms. The zero-order chi connectivity index (χ0) is 14.6. The Hall–Kier alpha value is -1.66. The first-order chi connectivity index (χ1) is 9.48. The van der Waals surface area contributed by atoms with Crippen molar-refractivity contribution in [3.05, 3.63) is 54.1 Å². The molecule has 0 saturated carbocycles. The van der Waals surface area contributed by atoms with E-state index in [0.717, 1.165) is 11.8 Å². The molecule has 0 fully saturated rings. The lowest BCUT2D eigenvalue weighted by molar-refractivity contribution is 0.484. The van der Waals surface area contributed by atoms with Gasteiger partial charge < -0.3 is 4.74 Å². The van der Waals surface area contributed by atoms with Gasteiger partial charge in [0.15, 0.2) is 5.75 Å². The maximum atomic E-state index is 11.4. The lowest BCUT2D eigenvalue weighted by Crippen LogP contribution is -2.10. The minimum Gasteiger partial charge on any atom is -0.455 e. The fourth-order valence-corrected chi connectivity index (χ4v) is 2.42. The van der Waals surface area contributed by atoms with Gasteiger partial charge in [-0.1, -0.05) is 24.3 Å². The second-order valence-electron chi connectivity index (χ2n) is 4.28. The van der Waals surface area contributed by atoms with Gasteiger partial charge in [0.2, 0.25) is 10.0 Å². The summed E-state index contributed by atoms with van der Waals surface area (Å²) in [6.45, 7) is 0. The maximum Gasteiger partial charge on any atom is 0.229 e. The van der Waals surface area contributed by atoms with Crippen LogP contribution in [0.4, 0.5) is 5.69 Å². The van der Waals surface area contributed by atoms with Crippen molar-refractivity contribution < 1.29 is 13.2 Å². The number of benzene rings is 2. The topological polar surface area (TPSA) is 55.4 Å². The Morgan fingerprint density at radius 2 is 1.85 bits per heavy atom. The number of hydrogen-bond donors (Lipinski definition) is 2. The molecule has 4 nitrogen and oxygen atoms in total. The van der Waals surface area contributed by atoms with Crippen LogP contribution in [-0.2, 0) is 15.8 Å². The number of sulfonamides is 1. The number of rotatable bonds is 5. The predicted molar refractivity (Wildman–Crippen MR) is 84.1 cm³/mol. The Labute approximate surface area is 124 Å². The molecule has 0 atom stereocenters. The summed E-state index contributed by atoms with van der Waals surface area (Å²) < 4.78 is 31.0. The molecule has 20 heavy (non-hydrogen) atoms. The van der Waals surface area contributed by atoms with Crippen molar-refractivity contribution in [2.75, 3.05) is 11.0 Å². The molecular formula is C14H15NO3S2. The third-order valence-electron chi connectivity index (χ3n) is 2.49. The van der Waals surface area contributed by atoms with Crippen LogP contribution in [0.5, 0.6) is 11.5 Å². The largest absolute Gasteiger partial charge is 0.455 e. The molecule has 0 aromatic heterocycles. The fourth-order valence-electron chi connectivity index (χ4n) is 1.66. The molecule has 0 amide bonds. The van der Waals surface area contributed by atoms with Crippen LogP contribution in [0.25, 0.3) is 0 Å². The Morgan fingerprint density at radius 1 is 1.15 bits per heavy atom. The van der Waals surface area contributed by atoms with Crippen molar-refractivity contribution in [1.82, 2.24) is 0 Å². The van der Waals surface area contributed by atoms with E-state index in [1.807, 2.05) is 24.3 Å². The first-order valence-corrected chi connectivity index (χ1v) is 8.45. The lowest BCUT2D eigenvalue weighted by atomic mass is 10.2. The maximum absolute atomic E-state index is 11.4. The van der Waals surface area contributed by atoms with Crippen LogP contribution in [0.1, 0.15) is 5.56 Å². The van der Waals surface area contributed by atoms with Crippen molar-refractivity contribution in [2.45, 2.75) is 5.75 Å². The van der Waals surface area contributed by atoms with E-state index in [0.29, 0.717) is 22.9 Å². The number of hydrogen-bond acceptors (Lipinski definition) is 4. The highest BCUT2D eigenvalue weighted by atomic mass is 32.2. The first kappa shape index (κ1) is 14.7. The van der Waals surface area contributed by atoms with Gasteiger partial charge in [-0.2, -0.15) is 12.6 Å². The summed E-state index contributed by atoms with van der Waals surface area (Å²) in [5.41, 5.74) is 1.31. The van der Waals surface area contributed by atoms with Crippen molar-refractivity contribution >= 4 is 28.3 Å². The molecule has 1 N–H and O–H groups in total. The van der Waals surface area contributed by atoms with E-state index in [4.69, 9.17) is 4.74 Å². The normalized spacial score (nSPS) is 11.1. The molecule has 106 valence electrons. The van der Waals surface area contributed by atoms with Crippen LogP contribution < -0.4 is 9.46 Å². The molecule has 0 saturated heterocycles. The van der Waals surface area contributed by atoms with E-state index in [-0.39, 0.29) is 0 Å². The van der Waals surface area contributed by atoms with Crippen LogP contribution in [0.15, 0.2) is 48.5 Å². The Bertz CT molecular complexity index is 685. The highest BCUT2D eigenvalue weighted by Crippen LogP contribution is 2.31. The summed E-state index contributed by atoms with van der Waals surface area (Å²) in [4.78, 5) is 0. The van der Waals surface area contributed by atoms with Gasteiger partial charge >= 0.3 is 0 Å². The van der Waals surface area contributed by atoms with E-state index in [1.165, 1.54) is 0 Å². The molecule has 0 aliphatic rings. The molecule has 2 rings (SSSR count). The van der Waals surface area contributed by atoms with E-state index >= 15 is 0 Å². The standard InChI is InChI=1S/C14H15NO3S2/c1-20(16,17)15-13-9-11(10-19)7-8-14(13)18-12-5-3-2-4-6-12/h2-9,15,19H,10H2,1H3. The summed E-state index contributed by atoms with van der Waals surface area (Å²) in [5, 5.41) is 0. The van der Waals surface area contributed by atoms with E-state index in [2.05, 4.69) is 17.4 Å². The minimum atomic E-state index is -3.37. The number of anilines is 1. The number of para-hydroxylation sites is 1. The number of thiol groups is 1. The Morgan fingerprint density at radius 3 is 2.45 bits per heavy atom. The minimum absolute atomic E-state index is 0.405. The summed E-state index contributed by atoms with van der Waals surface area (Å²) in [5.74, 6) is 1.61. The summed E-state index contributed by atoms with van der Waals surface area (Å²) in [7, 11) is -3.37. The van der Waals surface area contributed by atoms with Gasteiger partial charge in [0.05, 0.1) is 11.9 Å². The predicted octanol–water partition coefficient (Wildman–Crippen LogP) is 3.28. The van der Waals surface area contributed by atoms with Crippen LogP contribution in [-0.4, -0.2) is 14.7 Å². The summed E-state index contributed by atoms with van der Waals surface area (Å²) in [6, 6.07) is 14.5. The van der Waals surface area contributed by atoms with Gasteiger partial charge in [0.1, 0.15) is 5.75 Å². The van der Waals surface area contributed by atoms with Crippen molar-refractivity contribution in [3.8, 4) is 11.5 Å². The lowest BCUT2D eigenvalue weighted by Gasteiger charge is -2.13. The molecule has 0 aliphatic carbocycles. The third-order valence-corrected chi connectivity index (χ3v) is 3.45. The zero-order valence-electron chi connectivity index (χ0n) is 10.9. The second kappa shape index (κ2) is 6.19. The first-order valence-electron chi connectivity index (χ1n) is 5.92. The average Bonchev–Trinajstić information content (AvgIpc) is 2.40. The van der Waals surface area contributed by atoms with Crippen LogP contribution in [0.2, 0.25) is 0 Å². The molecule has 2 aromatic rings. The molecule has 6 heteroatoms. The van der Waals surface area contributed by atoms with Gasteiger partial charge in [-0.25, -0.2) is 8.42 Å². The van der Waals surface area contributed by atoms with Gasteiger partial charge in [0, 0.05) is 5.75 Å². The molecule has 0 heterocycles. The number of ether oxygens (including phenoxy) is 1. The SMILES string of the molecule is CS(=O)(=O)Nc1cc(CS)ccc1Oc1ccccc1. The van der Waals surface area contributed by atoms with Crippen molar-refractivity contribution in [3.63, 3.8) is 0 Å². The zero-order valence-corrected chi connectivity index (χ0v) is 12.6. The van der Waals surface area contributed by atoms with Gasteiger partial charge in [-0.3, -0.25) is 4.72 Å². The highest BCUT2D eigenvalue weighted by Gasteiger charge is 2.10. The monoisotopic (exact) mass is 309 g/mol. The van der Waals surface area contributed by atoms with Crippen molar-refractivity contribution in [1.29, 1.82) is 0 Å². The average molecular weight is 309 g/mol. The van der Waals surface area contributed by atoms with Crippen molar-refractivity contribution in [2.24, 2.45) is 0 Å². The Balaban J connectivity index is 2.36.